The van der Waals surface area contributed by atoms with Crippen LogP contribution < -0.4 is 0 Å². The third-order valence-electron chi connectivity index (χ3n) is 3.12. The van der Waals surface area contributed by atoms with E-state index in [1.54, 1.807) is 12.5 Å². The van der Waals surface area contributed by atoms with Crippen molar-refractivity contribution in [3.8, 4) is 5.69 Å². The van der Waals surface area contributed by atoms with Gasteiger partial charge in [-0.3, -0.25) is 9.36 Å². The van der Waals surface area contributed by atoms with Gasteiger partial charge in [-0.15, -0.1) is 0 Å². The van der Waals surface area contributed by atoms with Crippen molar-refractivity contribution in [3.63, 3.8) is 0 Å². The van der Waals surface area contributed by atoms with E-state index in [0.29, 0.717) is 6.42 Å². The van der Waals surface area contributed by atoms with E-state index in [-0.39, 0.29) is 6.42 Å². The molecule has 0 spiro atoms. The molecule has 100 valence electrons. The highest BCUT2D eigenvalue weighted by atomic mass is 16.4. The highest BCUT2D eigenvalue weighted by Crippen LogP contribution is 2.17. The molecule has 1 N–H and O–H groups in total. The van der Waals surface area contributed by atoms with Gasteiger partial charge in [-0.1, -0.05) is 12.1 Å². The maximum atomic E-state index is 10.6. The normalized spacial score (nSPS) is 10.8. The minimum atomic E-state index is -0.787. The minimum absolute atomic E-state index is 0.131. The zero-order valence-corrected chi connectivity index (χ0v) is 10.7. The lowest BCUT2D eigenvalue weighted by atomic mass is 10.1. The Morgan fingerprint density at radius 3 is 2.95 bits per heavy atom. The molecular weight excluding hydrogens is 254 g/mol. The van der Waals surface area contributed by atoms with Gasteiger partial charge < -0.3 is 5.11 Å². The zero-order valence-electron chi connectivity index (χ0n) is 10.7. The van der Waals surface area contributed by atoms with Crippen LogP contribution in [0.5, 0.6) is 0 Å². The molecule has 0 saturated carbocycles. The molecule has 0 bridgehead atoms. The van der Waals surface area contributed by atoms with Crippen LogP contribution in [0.2, 0.25) is 0 Å². The van der Waals surface area contributed by atoms with Crippen LogP contribution in [0.4, 0.5) is 0 Å². The third-order valence-corrected chi connectivity index (χ3v) is 3.12. The van der Waals surface area contributed by atoms with E-state index in [0.717, 1.165) is 22.4 Å². The van der Waals surface area contributed by atoms with Crippen molar-refractivity contribution in [1.29, 1.82) is 0 Å². The Bertz CT molecular complexity index is 764. The summed E-state index contributed by atoms with van der Waals surface area (Å²) in [5, 5.41) is 8.74. The molecule has 3 rings (SSSR count). The number of carbonyl (C=O) groups is 1. The number of carboxylic acids is 1. The summed E-state index contributed by atoms with van der Waals surface area (Å²) >= 11 is 0. The molecule has 0 aliphatic carbocycles. The van der Waals surface area contributed by atoms with Gasteiger partial charge in [0.15, 0.2) is 5.65 Å². The van der Waals surface area contributed by atoms with Crippen molar-refractivity contribution < 1.29 is 9.90 Å². The van der Waals surface area contributed by atoms with Crippen LogP contribution in [0, 0.1) is 0 Å². The van der Waals surface area contributed by atoms with Crippen molar-refractivity contribution in [2.24, 2.45) is 0 Å². The maximum Gasteiger partial charge on any atom is 0.303 e. The number of aromatic nitrogens is 3. The Kier molecular flexibility index (Phi) is 3.16. The molecule has 0 aliphatic rings. The van der Waals surface area contributed by atoms with E-state index in [4.69, 9.17) is 5.11 Å². The molecule has 0 atom stereocenters. The Labute approximate surface area is 115 Å². The summed E-state index contributed by atoms with van der Waals surface area (Å²) in [5.74, 6) is -0.787. The van der Waals surface area contributed by atoms with Crippen molar-refractivity contribution in [3.05, 3.63) is 54.5 Å². The van der Waals surface area contributed by atoms with E-state index in [9.17, 15) is 4.79 Å². The highest BCUT2D eigenvalue weighted by molar-refractivity contribution is 5.72. The Morgan fingerprint density at radius 1 is 1.20 bits per heavy atom. The highest BCUT2D eigenvalue weighted by Gasteiger charge is 2.06. The van der Waals surface area contributed by atoms with Gasteiger partial charge in [0.05, 0.1) is 0 Å². The molecule has 1 aromatic carbocycles. The van der Waals surface area contributed by atoms with E-state index >= 15 is 0 Å². The van der Waals surface area contributed by atoms with Crippen LogP contribution in [-0.4, -0.2) is 25.6 Å². The summed E-state index contributed by atoms with van der Waals surface area (Å²) in [6.07, 6.45) is 4.11. The molecule has 0 saturated heterocycles. The van der Waals surface area contributed by atoms with Crippen LogP contribution in [0.3, 0.4) is 0 Å². The molecule has 3 aromatic rings. The fourth-order valence-electron chi connectivity index (χ4n) is 2.15. The van der Waals surface area contributed by atoms with Gasteiger partial charge in [0.1, 0.15) is 11.8 Å². The van der Waals surface area contributed by atoms with Gasteiger partial charge in [0.2, 0.25) is 0 Å². The monoisotopic (exact) mass is 267 g/mol. The van der Waals surface area contributed by atoms with Crippen LogP contribution in [0.15, 0.2) is 48.9 Å². The first kappa shape index (κ1) is 12.3. The van der Waals surface area contributed by atoms with Crippen LogP contribution in [0.25, 0.3) is 16.9 Å². The average molecular weight is 267 g/mol. The largest absolute Gasteiger partial charge is 0.481 e. The molecule has 20 heavy (non-hydrogen) atoms. The number of benzene rings is 1. The van der Waals surface area contributed by atoms with Gasteiger partial charge in [0.25, 0.3) is 0 Å². The standard InChI is InChI=1S/C15H13N3O2/c19-14(20)7-6-11-3-1-4-12(9-11)18-10-17-13-5-2-8-16-15(13)18/h1-5,8-10H,6-7H2,(H,19,20). The summed E-state index contributed by atoms with van der Waals surface area (Å²) in [7, 11) is 0. The summed E-state index contributed by atoms with van der Waals surface area (Å²) < 4.78 is 1.90. The number of hydrogen-bond acceptors (Lipinski definition) is 3. The summed E-state index contributed by atoms with van der Waals surface area (Å²) in [5.41, 5.74) is 3.56. The number of imidazole rings is 1. The van der Waals surface area contributed by atoms with Crippen molar-refractivity contribution in [1.82, 2.24) is 14.5 Å². The number of rotatable bonds is 4. The molecule has 0 unspecified atom stereocenters. The fourth-order valence-corrected chi connectivity index (χ4v) is 2.15. The zero-order chi connectivity index (χ0) is 13.9. The summed E-state index contributed by atoms with van der Waals surface area (Å²) in [6, 6.07) is 11.5. The van der Waals surface area contributed by atoms with Crippen LogP contribution >= 0.6 is 0 Å². The van der Waals surface area contributed by atoms with Crippen LogP contribution in [-0.2, 0) is 11.2 Å². The topological polar surface area (TPSA) is 68.0 Å². The van der Waals surface area contributed by atoms with Gasteiger partial charge in [-0.2, -0.15) is 0 Å². The number of fused-ring (bicyclic) bond motifs is 1. The molecule has 0 aliphatic heterocycles. The second-order valence-corrected chi connectivity index (χ2v) is 4.52. The van der Waals surface area contributed by atoms with E-state index in [1.807, 2.05) is 41.0 Å². The number of pyridine rings is 1. The second kappa shape index (κ2) is 5.13. The maximum absolute atomic E-state index is 10.6. The molecule has 0 radical (unpaired) electrons. The fraction of sp³-hybridized carbons (Fsp3) is 0.133. The number of aliphatic carboxylic acids is 1. The van der Waals surface area contributed by atoms with E-state index < -0.39 is 5.97 Å². The van der Waals surface area contributed by atoms with Crippen molar-refractivity contribution in [2.75, 3.05) is 0 Å². The lowest BCUT2D eigenvalue weighted by Gasteiger charge is -2.06. The Hall–Kier alpha value is -2.69. The summed E-state index contributed by atoms with van der Waals surface area (Å²) in [6.45, 7) is 0. The van der Waals surface area contributed by atoms with Crippen molar-refractivity contribution >= 4 is 17.1 Å². The molecule has 0 amide bonds. The SMILES string of the molecule is O=C(O)CCc1cccc(-n2cnc3cccnc32)c1. The smallest absolute Gasteiger partial charge is 0.303 e. The van der Waals surface area contributed by atoms with Gasteiger partial charge >= 0.3 is 5.97 Å². The first-order valence-electron chi connectivity index (χ1n) is 6.33. The van der Waals surface area contributed by atoms with Gasteiger partial charge in [-0.25, -0.2) is 9.97 Å². The predicted molar refractivity (Wildman–Crippen MR) is 74.8 cm³/mol. The Balaban J connectivity index is 1.97. The van der Waals surface area contributed by atoms with Gasteiger partial charge in [-0.05, 0) is 36.2 Å². The molecule has 2 heterocycles. The number of carboxylic acid groups (broad SMARTS) is 1. The second-order valence-electron chi connectivity index (χ2n) is 4.52. The molecule has 2 aromatic heterocycles. The van der Waals surface area contributed by atoms with Crippen molar-refractivity contribution in [2.45, 2.75) is 12.8 Å². The Morgan fingerprint density at radius 2 is 2.10 bits per heavy atom. The number of aryl methyl sites for hydroxylation is 1. The first-order chi connectivity index (χ1) is 9.74. The number of nitrogens with zero attached hydrogens (tertiary/aromatic N) is 3. The molecule has 5 heteroatoms. The quantitative estimate of drug-likeness (QED) is 0.788. The minimum Gasteiger partial charge on any atom is -0.481 e. The van der Waals surface area contributed by atoms with E-state index in [1.165, 1.54) is 0 Å². The molecule has 5 nitrogen and oxygen atoms in total. The first-order valence-corrected chi connectivity index (χ1v) is 6.33. The summed E-state index contributed by atoms with van der Waals surface area (Å²) in [4.78, 5) is 19.3. The average Bonchev–Trinajstić information content (AvgIpc) is 2.89. The van der Waals surface area contributed by atoms with Gasteiger partial charge in [0, 0.05) is 18.3 Å². The number of hydrogen-bond donors (Lipinski definition) is 1. The lowest BCUT2D eigenvalue weighted by molar-refractivity contribution is -0.136. The third kappa shape index (κ3) is 2.38. The lowest BCUT2D eigenvalue weighted by Crippen LogP contribution is -1.99. The molecular formula is C15H13N3O2. The van der Waals surface area contributed by atoms with E-state index in [2.05, 4.69) is 9.97 Å². The molecule has 0 fully saturated rings. The van der Waals surface area contributed by atoms with Crippen LogP contribution in [0.1, 0.15) is 12.0 Å². The predicted octanol–water partition coefficient (Wildman–Crippen LogP) is 2.44.